The van der Waals surface area contributed by atoms with E-state index in [0.29, 0.717) is 16.9 Å². The smallest absolute Gasteiger partial charge is 0 e. The molecule has 0 aliphatic carbocycles. The molecule has 0 atom stereocenters. The Morgan fingerprint density at radius 3 is 2.17 bits per heavy atom. The number of halogens is 1. The molecule has 8 aromatic rings. The van der Waals surface area contributed by atoms with Crippen LogP contribution in [-0.2, 0) is 20.1 Å². The zero-order valence-electron chi connectivity index (χ0n) is 30.8. The van der Waals surface area contributed by atoms with E-state index in [4.69, 9.17) is 5.79 Å². The van der Waals surface area contributed by atoms with Gasteiger partial charge in [-0.3, -0.25) is 0 Å². The normalized spacial score (nSPS) is 11.8. The molecule has 0 bridgehead atoms. The van der Waals surface area contributed by atoms with Crippen LogP contribution in [0.1, 0.15) is 26.7 Å². The predicted octanol–water partition coefficient (Wildman–Crippen LogP) is 12.1. The van der Waals surface area contributed by atoms with Gasteiger partial charge in [0.1, 0.15) is 11.4 Å². The first-order chi connectivity index (χ1) is 25.0. The average molecular weight is 921 g/mol. The summed E-state index contributed by atoms with van der Waals surface area (Å²) < 4.78 is 30.5. The standard InChI is InChI=1S/C32H23FNO.C14H16GeN.Ir/c1-20(2)22-14-15-34-30(17-22)26-13-7-12-25-29-18-27(21-8-4-3-5-9-21)28(19-31(29)35-32(25)26)23-10-6-11-24(33)16-23;1-15(2,3)13-9-10-14(16-11-13)12-7-5-4-6-8-12;/h3-12,14-20H,1-2H3;4-7,9-11H,1-3H3;/q2*-1;/i20D;;. The molecule has 0 N–H and O–H groups in total. The van der Waals surface area contributed by atoms with E-state index in [1.165, 1.54) is 10.5 Å². The van der Waals surface area contributed by atoms with E-state index >= 15 is 0 Å². The molecular weight excluding hydrogens is 880 g/mol. The Morgan fingerprint density at radius 2 is 1.48 bits per heavy atom. The zero-order chi connectivity index (χ0) is 36.5. The van der Waals surface area contributed by atoms with Crippen molar-refractivity contribution in [3.05, 3.63) is 163 Å². The van der Waals surface area contributed by atoms with Gasteiger partial charge in [-0.25, -0.2) is 4.39 Å². The van der Waals surface area contributed by atoms with Crippen LogP contribution in [0.4, 0.5) is 4.39 Å². The van der Waals surface area contributed by atoms with Crippen molar-refractivity contribution in [2.75, 3.05) is 0 Å². The van der Waals surface area contributed by atoms with Crippen LogP contribution >= 0.6 is 0 Å². The fourth-order valence-electron chi connectivity index (χ4n) is 6.16. The Bertz CT molecular complexity index is 2490. The van der Waals surface area contributed by atoms with Gasteiger partial charge in [-0.1, -0.05) is 78.9 Å². The molecule has 3 aromatic heterocycles. The van der Waals surface area contributed by atoms with Gasteiger partial charge in [-0.15, -0.1) is 18.2 Å². The Balaban J connectivity index is 0.000000238. The van der Waals surface area contributed by atoms with E-state index in [2.05, 4.69) is 69.7 Å². The summed E-state index contributed by atoms with van der Waals surface area (Å²) in [6.07, 6.45) is 3.77. The van der Waals surface area contributed by atoms with Gasteiger partial charge in [-0.05, 0) is 64.2 Å². The van der Waals surface area contributed by atoms with E-state index in [9.17, 15) is 4.39 Å². The van der Waals surface area contributed by atoms with Crippen LogP contribution in [-0.4, -0.2) is 23.2 Å². The molecule has 52 heavy (non-hydrogen) atoms. The molecule has 0 saturated carbocycles. The van der Waals surface area contributed by atoms with E-state index < -0.39 is 19.2 Å². The van der Waals surface area contributed by atoms with E-state index in [1.54, 1.807) is 18.3 Å². The molecule has 3 nitrogen and oxygen atoms in total. The average Bonchev–Trinajstić information content (AvgIpc) is 3.53. The molecule has 0 aliphatic heterocycles. The summed E-state index contributed by atoms with van der Waals surface area (Å²) in [6, 6.07) is 47.3. The van der Waals surface area contributed by atoms with E-state index in [0.717, 1.165) is 55.4 Å². The molecule has 1 radical (unpaired) electrons. The monoisotopic (exact) mass is 922 g/mol. The number of hydrogen-bond acceptors (Lipinski definition) is 3. The van der Waals surface area contributed by atoms with E-state index in [1.807, 2.05) is 98.9 Å². The van der Waals surface area contributed by atoms with Crippen molar-refractivity contribution >= 4 is 39.6 Å². The van der Waals surface area contributed by atoms with Gasteiger partial charge in [-0.2, -0.15) is 0 Å². The minimum atomic E-state index is -1.72. The molecular formula is C46H39FGeIrN2O-2. The van der Waals surface area contributed by atoms with Crippen LogP contribution in [0.15, 0.2) is 144 Å². The quantitative estimate of drug-likeness (QED) is 0.123. The predicted molar refractivity (Wildman–Crippen MR) is 212 cm³/mol. The van der Waals surface area contributed by atoms with Gasteiger partial charge < -0.3 is 9.40 Å². The van der Waals surface area contributed by atoms with Crippen LogP contribution in [0.5, 0.6) is 0 Å². The van der Waals surface area contributed by atoms with Crippen molar-refractivity contribution in [3.8, 4) is 44.8 Å². The van der Waals surface area contributed by atoms with Crippen LogP contribution in [0, 0.1) is 17.9 Å². The van der Waals surface area contributed by atoms with Gasteiger partial charge in [0.25, 0.3) is 0 Å². The van der Waals surface area contributed by atoms with Crippen LogP contribution < -0.4 is 4.40 Å². The molecule has 0 saturated heterocycles. The van der Waals surface area contributed by atoms with Crippen molar-refractivity contribution in [2.24, 2.45) is 0 Å². The third-order valence-corrected chi connectivity index (χ3v) is 13.3. The van der Waals surface area contributed by atoms with Crippen molar-refractivity contribution in [1.82, 2.24) is 9.97 Å². The van der Waals surface area contributed by atoms with Gasteiger partial charge in [0, 0.05) is 33.1 Å². The fourth-order valence-corrected chi connectivity index (χ4v) is 8.33. The first-order valence-corrected chi connectivity index (χ1v) is 24.4. The van der Waals surface area contributed by atoms with Crippen molar-refractivity contribution in [1.29, 1.82) is 0 Å². The Hall–Kier alpha value is -4.68. The topological polar surface area (TPSA) is 38.9 Å². The van der Waals surface area contributed by atoms with Gasteiger partial charge >= 0.3 is 99.8 Å². The zero-order valence-corrected chi connectivity index (χ0v) is 34.3. The van der Waals surface area contributed by atoms with Crippen LogP contribution in [0.2, 0.25) is 17.3 Å². The number of nitrogens with zero attached hydrogens (tertiary/aromatic N) is 2. The molecule has 261 valence electrons. The second-order valence-electron chi connectivity index (χ2n) is 13.9. The van der Waals surface area contributed by atoms with E-state index in [-0.39, 0.29) is 25.9 Å². The summed E-state index contributed by atoms with van der Waals surface area (Å²) in [5.41, 5.74) is 9.54. The van der Waals surface area contributed by atoms with Gasteiger partial charge in [0.15, 0.2) is 0 Å². The number of hydrogen-bond donors (Lipinski definition) is 0. The van der Waals surface area contributed by atoms with Crippen LogP contribution in [0.3, 0.4) is 0 Å². The summed E-state index contributed by atoms with van der Waals surface area (Å²) in [5, 5.41) is 1.93. The van der Waals surface area contributed by atoms with Crippen LogP contribution in [0.25, 0.3) is 66.7 Å². The molecule has 0 fully saturated rings. The summed E-state index contributed by atoms with van der Waals surface area (Å²) in [5.74, 6) is 6.11. The summed E-state index contributed by atoms with van der Waals surface area (Å²) in [7, 11) is 0. The molecule has 0 aliphatic rings. The molecule has 0 amide bonds. The summed E-state index contributed by atoms with van der Waals surface area (Å²) >= 11 is -1.72. The van der Waals surface area contributed by atoms with Gasteiger partial charge in [0.2, 0.25) is 0 Å². The molecule has 0 unspecified atom stereocenters. The minimum absolute atomic E-state index is 0. The first kappa shape index (κ1) is 35.7. The maximum Gasteiger partial charge on any atom is 0 e. The second kappa shape index (κ2) is 15.9. The van der Waals surface area contributed by atoms with Crippen molar-refractivity contribution in [3.63, 3.8) is 0 Å². The Labute approximate surface area is 323 Å². The number of aromatic nitrogens is 2. The Kier molecular flexibility index (Phi) is 10.9. The first-order valence-electron chi connectivity index (χ1n) is 17.6. The number of benzene rings is 5. The largest absolute Gasteiger partial charge is 0 e. The van der Waals surface area contributed by atoms with Gasteiger partial charge in [0.05, 0.1) is 5.58 Å². The number of fused-ring (bicyclic) bond motifs is 3. The molecule has 0 spiro atoms. The van der Waals surface area contributed by atoms with Crippen molar-refractivity contribution < 1.29 is 30.3 Å². The minimum Gasteiger partial charge on any atom is 0 e. The third kappa shape index (κ3) is 8.03. The maximum atomic E-state index is 14.2. The number of pyridine rings is 2. The van der Waals surface area contributed by atoms with Crippen molar-refractivity contribution in [2.45, 2.75) is 37.0 Å². The molecule has 8 rings (SSSR count). The molecule has 6 heteroatoms. The third-order valence-electron chi connectivity index (χ3n) is 9.00. The number of rotatable bonds is 6. The maximum absolute atomic E-state index is 14.2. The SMILES string of the molecule is [2H]C(C)(C)c1ccnc(-c2[c-]ccc3c2oc2cc(-c4cccc(F)c4)c(-c4ccccc4)cc23)c1.[CH3][Ge]([CH3])([CH3])[c]1ccc(-c2[c-]cccc2)nc1.[Ir]. The fraction of sp³-hybridized carbons (Fsp3) is 0.130. The summed E-state index contributed by atoms with van der Waals surface area (Å²) in [4.78, 5) is 9.10. The summed E-state index contributed by atoms with van der Waals surface area (Å²) in [6.45, 7) is 3.72. The number of furan rings is 1. The second-order valence-corrected chi connectivity index (χ2v) is 24.5. The molecule has 5 aromatic carbocycles. The Morgan fingerprint density at radius 1 is 0.712 bits per heavy atom. The molecule has 3 heterocycles.